The van der Waals surface area contributed by atoms with E-state index in [4.69, 9.17) is 0 Å². The third-order valence-corrected chi connectivity index (χ3v) is 4.78. The van der Waals surface area contributed by atoms with Gasteiger partial charge >= 0.3 is 12.1 Å². The van der Waals surface area contributed by atoms with Crippen LogP contribution in [-0.2, 0) is 14.9 Å². The number of carbonyl (C=O) groups excluding carboxylic acids is 2. The molecule has 1 heterocycles. The fraction of sp³-hybridized carbons (Fsp3) is 0.429. The number of alkyl halides is 3. The zero-order valence-electron chi connectivity index (χ0n) is 11.4. The summed E-state index contributed by atoms with van der Waals surface area (Å²) in [6.45, 7) is -0.479. The number of hydrogen-bond acceptors (Lipinski definition) is 3. The van der Waals surface area contributed by atoms with Gasteiger partial charge in [0.05, 0.1) is 13.2 Å². The van der Waals surface area contributed by atoms with Crippen molar-refractivity contribution in [1.29, 1.82) is 0 Å². The van der Waals surface area contributed by atoms with Gasteiger partial charge in [0, 0.05) is 10.0 Å². The Morgan fingerprint density at radius 2 is 2.18 bits per heavy atom. The smallest absolute Gasteiger partial charge is 0.400 e. The van der Waals surface area contributed by atoms with Crippen molar-refractivity contribution >= 4 is 27.8 Å². The summed E-state index contributed by atoms with van der Waals surface area (Å²) in [5, 5.41) is 0. The molecular formula is C14H11BrF3NO3. The monoisotopic (exact) mass is 377 g/mol. The van der Waals surface area contributed by atoms with Gasteiger partial charge in [-0.25, -0.2) is 0 Å². The molecule has 0 bridgehead atoms. The number of ether oxygens (including phenoxy) is 1. The van der Waals surface area contributed by atoms with E-state index >= 15 is 0 Å². The molecule has 0 unspecified atom stereocenters. The molecule has 0 spiro atoms. The molecule has 2 aliphatic rings. The average molecular weight is 378 g/mol. The Balaban J connectivity index is 2.12. The van der Waals surface area contributed by atoms with Crippen molar-refractivity contribution in [2.45, 2.75) is 24.1 Å². The summed E-state index contributed by atoms with van der Waals surface area (Å²) in [5.41, 5.74) is -2.13. The Bertz CT molecular complexity index is 676. The summed E-state index contributed by atoms with van der Waals surface area (Å²) in [5.74, 6) is -1.31. The molecule has 2 atom stereocenters. The number of fused-ring (bicyclic) bond motifs is 3. The van der Waals surface area contributed by atoms with E-state index in [1.54, 1.807) is 0 Å². The van der Waals surface area contributed by atoms with Crippen molar-refractivity contribution in [2.24, 2.45) is 0 Å². The van der Waals surface area contributed by atoms with Crippen LogP contribution in [0.15, 0.2) is 22.7 Å². The molecule has 118 valence electrons. The number of hydrogen-bond donors (Lipinski definition) is 0. The molecule has 0 saturated heterocycles. The van der Waals surface area contributed by atoms with Gasteiger partial charge in [-0.1, -0.05) is 15.9 Å². The van der Waals surface area contributed by atoms with Gasteiger partial charge < -0.3 is 9.64 Å². The molecular weight excluding hydrogens is 367 g/mol. The molecule has 1 aromatic carbocycles. The highest BCUT2D eigenvalue weighted by Crippen LogP contribution is 2.64. The normalized spacial score (nSPS) is 26.3. The Hall–Kier alpha value is -1.57. The predicted molar refractivity (Wildman–Crippen MR) is 73.3 cm³/mol. The van der Waals surface area contributed by atoms with E-state index < -0.39 is 36.1 Å². The second kappa shape index (κ2) is 4.71. The minimum Gasteiger partial charge on any atom is -0.468 e. The van der Waals surface area contributed by atoms with Crippen LogP contribution in [0.4, 0.5) is 13.2 Å². The first-order valence-electron chi connectivity index (χ1n) is 6.47. The van der Waals surface area contributed by atoms with Crippen molar-refractivity contribution in [3.8, 4) is 0 Å². The maximum atomic E-state index is 13.6. The Morgan fingerprint density at radius 3 is 2.77 bits per heavy atom. The van der Waals surface area contributed by atoms with Gasteiger partial charge in [0.15, 0.2) is 0 Å². The first-order chi connectivity index (χ1) is 10.2. The number of carbonyl (C=O) groups is 2. The minimum atomic E-state index is -4.50. The van der Waals surface area contributed by atoms with Gasteiger partial charge in [0.1, 0.15) is 12.0 Å². The van der Waals surface area contributed by atoms with Crippen molar-refractivity contribution in [2.75, 3.05) is 13.7 Å². The molecule has 1 aromatic rings. The molecule has 1 saturated carbocycles. The van der Waals surface area contributed by atoms with E-state index in [0.717, 1.165) is 12.0 Å². The zero-order valence-corrected chi connectivity index (χ0v) is 13.0. The maximum Gasteiger partial charge on any atom is 0.400 e. The second-order valence-electron chi connectivity index (χ2n) is 5.39. The molecule has 1 aliphatic carbocycles. The van der Waals surface area contributed by atoms with Crippen molar-refractivity contribution in [3.05, 3.63) is 33.8 Å². The van der Waals surface area contributed by atoms with Crippen LogP contribution in [-0.4, -0.2) is 42.6 Å². The third-order valence-electron chi connectivity index (χ3n) is 4.29. The molecule has 1 aliphatic heterocycles. The van der Waals surface area contributed by atoms with Gasteiger partial charge in [0.25, 0.3) is 5.91 Å². The Morgan fingerprint density at radius 1 is 1.50 bits per heavy atom. The van der Waals surface area contributed by atoms with E-state index in [1.165, 1.54) is 18.2 Å². The van der Waals surface area contributed by atoms with Crippen LogP contribution in [0, 0.1) is 0 Å². The lowest BCUT2D eigenvalue weighted by molar-refractivity contribution is -0.167. The van der Waals surface area contributed by atoms with Crippen LogP contribution in [0.2, 0.25) is 0 Å². The fourth-order valence-corrected chi connectivity index (χ4v) is 3.48. The average Bonchev–Trinajstić information content (AvgIpc) is 3.19. The molecule has 22 heavy (non-hydrogen) atoms. The van der Waals surface area contributed by atoms with Gasteiger partial charge in [0.2, 0.25) is 0 Å². The molecule has 0 N–H and O–H groups in total. The van der Waals surface area contributed by atoms with Crippen molar-refractivity contribution in [1.82, 2.24) is 4.90 Å². The third kappa shape index (κ3) is 1.96. The number of halogens is 4. The lowest BCUT2D eigenvalue weighted by Crippen LogP contribution is -2.49. The summed E-state index contributed by atoms with van der Waals surface area (Å²) >= 11 is 3.15. The summed E-state index contributed by atoms with van der Waals surface area (Å²) in [6.07, 6.45) is -4.73. The summed E-state index contributed by atoms with van der Waals surface area (Å²) < 4.78 is 45.8. The van der Waals surface area contributed by atoms with Gasteiger partial charge in [-0.2, -0.15) is 13.2 Å². The molecule has 0 radical (unpaired) electrons. The number of methoxy groups -OCH3 is 1. The first-order valence-corrected chi connectivity index (χ1v) is 7.26. The highest BCUT2D eigenvalue weighted by molar-refractivity contribution is 9.10. The minimum absolute atomic E-state index is 0.0156. The highest BCUT2D eigenvalue weighted by atomic mass is 79.9. The predicted octanol–water partition coefficient (Wildman–Crippen LogP) is 2.65. The van der Waals surface area contributed by atoms with E-state index in [9.17, 15) is 22.8 Å². The molecule has 8 heteroatoms. The molecule has 4 nitrogen and oxygen atoms in total. The highest BCUT2D eigenvalue weighted by Gasteiger charge is 2.76. The SMILES string of the molecule is COC(=O)CN1C(=O)c2ccc(Br)cc2[C@]2(C(F)(F)F)C[C@@H]12. The number of nitrogens with zero attached hydrogens (tertiary/aromatic N) is 1. The van der Waals surface area contributed by atoms with Crippen LogP contribution < -0.4 is 0 Å². The zero-order chi connectivity index (χ0) is 16.3. The van der Waals surface area contributed by atoms with Crippen molar-refractivity contribution in [3.63, 3.8) is 0 Å². The molecule has 1 fully saturated rings. The summed E-state index contributed by atoms with van der Waals surface area (Å²) in [6, 6.07) is 3.16. The summed E-state index contributed by atoms with van der Waals surface area (Å²) in [4.78, 5) is 24.8. The van der Waals surface area contributed by atoms with Crippen LogP contribution in [0.3, 0.4) is 0 Å². The van der Waals surface area contributed by atoms with E-state index in [1.807, 2.05) is 0 Å². The number of amides is 1. The van der Waals surface area contributed by atoms with Gasteiger partial charge in [-0.3, -0.25) is 9.59 Å². The van der Waals surface area contributed by atoms with E-state index in [2.05, 4.69) is 20.7 Å². The summed E-state index contributed by atoms with van der Waals surface area (Å²) in [7, 11) is 1.13. The van der Waals surface area contributed by atoms with Gasteiger partial charge in [-0.05, 0) is 30.2 Å². The van der Waals surface area contributed by atoms with Crippen LogP contribution in [0.25, 0.3) is 0 Å². The van der Waals surface area contributed by atoms with Crippen LogP contribution in [0.5, 0.6) is 0 Å². The first kappa shape index (κ1) is 15.3. The lowest BCUT2D eigenvalue weighted by atomic mass is 9.86. The van der Waals surface area contributed by atoms with E-state index in [-0.39, 0.29) is 17.5 Å². The van der Waals surface area contributed by atoms with Crippen molar-refractivity contribution < 1.29 is 27.5 Å². The number of esters is 1. The second-order valence-corrected chi connectivity index (χ2v) is 6.30. The molecule has 1 amide bonds. The molecule has 3 rings (SSSR count). The van der Waals surface area contributed by atoms with E-state index in [0.29, 0.717) is 4.47 Å². The fourth-order valence-electron chi connectivity index (χ4n) is 3.12. The maximum absolute atomic E-state index is 13.6. The quantitative estimate of drug-likeness (QED) is 0.744. The number of benzene rings is 1. The van der Waals surface area contributed by atoms with Crippen LogP contribution >= 0.6 is 15.9 Å². The topological polar surface area (TPSA) is 46.6 Å². The number of rotatable bonds is 2. The Labute approximate surface area is 132 Å². The Kier molecular flexibility index (Phi) is 3.28. The molecule has 0 aromatic heterocycles. The van der Waals surface area contributed by atoms with Crippen LogP contribution in [0.1, 0.15) is 22.3 Å². The standard InChI is InChI=1S/C14H11BrF3NO3/c1-22-11(20)6-19-10-5-13(10,14(16,17)18)9-4-7(15)2-3-8(9)12(19)21/h2-4,10H,5-6H2,1H3/t10-,13-/m1/s1. The largest absolute Gasteiger partial charge is 0.468 e. The van der Waals surface area contributed by atoms with Gasteiger partial charge in [-0.15, -0.1) is 0 Å². The lowest BCUT2D eigenvalue weighted by Gasteiger charge is -2.34.